The van der Waals surface area contributed by atoms with E-state index in [0.29, 0.717) is 15.5 Å². The van der Waals surface area contributed by atoms with Gasteiger partial charge in [0.15, 0.2) is 0 Å². The fourth-order valence-corrected chi connectivity index (χ4v) is 34.4. The van der Waals surface area contributed by atoms with Crippen LogP contribution in [0.15, 0.2) is 133 Å². The Hall–Kier alpha value is -3.26. The van der Waals surface area contributed by atoms with Gasteiger partial charge in [-0.2, -0.15) is 0 Å². The summed E-state index contributed by atoms with van der Waals surface area (Å²) in [5, 5.41) is 3.51. The van der Waals surface area contributed by atoms with Gasteiger partial charge in [0.2, 0.25) is 0 Å². The van der Waals surface area contributed by atoms with Crippen LogP contribution in [0.5, 0.6) is 0 Å². The minimum absolute atomic E-state index is 0. The van der Waals surface area contributed by atoms with Crippen molar-refractivity contribution in [1.29, 1.82) is 0 Å². The monoisotopic (exact) mass is 767 g/mol. The van der Waals surface area contributed by atoms with Crippen molar-refractivity contribution < 1.29 is 45.7 Å². The van der Waals surface area contributed by atoms with E-state index in [9.17, 15) is 0 Å². The Morgan fingerprint density at radius 1 is 0.551 bits per heavy atom. The largest absolute Gasteiger partial charge is 1.00 e. The maximum Gasteiger partial charge on any atom is -1.00 e. The van der Waals surface area contributed by atoms with Crippen LogP contribution in [0.1, 0.15) is 71.0 Å². The van der Waals surface area contributed by atoms with Crippen LogP contribution in [-0.4, -0.2) is 5.92 Å². The molecule has 0 saturated heterocycles. The van der Waals surface area contributed by atoms with E-state index in [1.54, 1.807) is 30.3 Å². The fourth-order valence-electron chi connectivity index (χ4n) is 8.56. The van der Waals surface area contributed by atoms with Gasteiger partial charge in [0.1, 0.15) is 0 Å². The van der Waals surface area contributed by atoms with Gasteiger partial charge >= 0.3 is 290 Å². The standard InChI is InChI=1S/C33H31.C12H8Si.2ClH.Zr/c1-22(2)27-18-28(23(3)4)20-30(19-27)33-31(25-13-9-6-10-14-25)16-15-26-17-29(21-32(26)33)24-11-7-5-8-12-24;1-3-7-11-9(5-1)10-6-2-4-8-12(10)13-11;;;/h5-23H,1-4H3;1-7,13H;2*1H;/q;;;;+2/p-2. The molecule has 0 aromatic heterocycles. The number of fused-ring (bicyclic) bond motifs is 4. The molecule has 0 amide bonds. The average molecular weight is 770 g/mol. The summed E-state index contributed by atoms with van der Waals surface area (Å²) >= 11 is -2.21. The summed E-state index contributed by atoms with van der Waals surface area (Å²) in [6, 6.07) is 51.6. The van der Waals surface area contributed by atoms with E-state index in [4.69, 9.17) is 0 Å². The van der Waals surface area contributed by atoms with Crippen molar-refractivity contribution in [3.8, 4) is 33.4 Å². The molecular weight excluding hydrogens is 731 g/mol. The van der Waals surface area contributed by atoms with Gasteiger partial charge in [-0.25, -0.2) is 0 Å². The normalized spacial score (nSPS) is 16.3. The number of hydrogen-bond donors (Lipinski definition) is 0. The van der Waals surface area contributed by atoms with Crippen LogP contribution < -0.4 is 38.5 Å². The Kier molecular flexibility index (Phi) is 9.40. The average Bonchev–Trinajstić information content (AvgIpc) is 3.63. The molecule has 0 N–H and O–H groups in total. The Balaban J connectivity index is 0.00000189. The van der Waals surface area contributed by atoms with Crippen molar-refractivity contribution in [3.05, 3.63) is 161 Å². The van der Waals surface area contributed by atoms with Crippen LogP contribution in [0.3, 0.4) is 0 Å². The second-order valence-corrected chi connectivity index (χ2v) is 29.2. The third-order valence-corrected chi connectivity index (χ3v) is 33.0. The maximum atomic E-state index is 2.64. The molecule has 241 valence electrons. The van der Waals surface area contributed by atoms with Crippen molar-refractivity contribution in [2.75, 3.05) is 0 Å². The number of halogens is 2. The molecule has 3 aliphatic rings. The molecule has 1 aliphatic carbocycles. The number of hydrogen-bond acceptors (Lipinski definition) is 0. The van der Waals surface area contributed by atoms with E-state index in [2.05, 4.69) is 167 Å². The van der Waals surface area contributed by atoms with E-state index in [-0.39, 0.29) is 24.8 Å². The Bertz CT molecular complexity index is 2200. The van der Waals surface area contributed by atoms with Crippen LogP contribution in [0.25, 0.3) is 45.0 Å². The van der Waals surface area contributed by atoms with Crippen molar-refractivity contribution in [1.82, 2.24) is 0 Å². The summed E-state index contributed by atoms with van der Waals surface area (Å²) in [5.41, 5.74) is 17.4. The SMILES string of the molecule is CC(C)c1cc(-c2c(-c3ccccc3)ccc3c2C=C(c2ccccc2)[CH]3[Zr+2]2[c]3cccc4c3[SiH]2c2ccccc2-4)cc(C(C)C)c1.[Cl-].[Cl-]. The minimum atomic E-state index is -2.21. The predicted octanol–water partition coefficient (Wildman–Crippen LogP) is 3.65. The van der Waals surface area contributed by atoms with Crippen molar-refractivity contribution in [2.24, 2.45) is 0 Å². The summed E-state index contributed by atoms with van der Waals surface area (Å²) in [7, 11) is 0. The summed E-state index contributed by atoms with van der Waals surface area (Å²) in [6.45, 7) is 9.34. The zero-order valence-electron chi connectivity index (χ0n) is 28.3. The first kappa shape index (κ1) is 34.2. The van der Waals surface area contributed by atoms with Gasteiger partial charge in [-0.05, 0) is 0 Å². The first-order valence-corrected chi connectivity index (χ1v) is 25.9. The van der Waals surface area contributed by atoms with Crippen LogP contribution in [0.2, 0.25) is 0 Å². The van der Waals surface area contributed by atoms with Gasteiger partial charge in [-0.3, -0.25) is 0 Å². The molecule has 2 heterocycles. The van der Waals surface area contributed by atoms with Crippen molar-refractivity contribution in [2.45, 2.75) is 43.2 Å². The van der Waals surface area contributed by atoms with Gasteiger partial charge < -0.3 is 24.8 Å². The molecule has 49 heavy (non-hydrogen) atoms. The van der Waals surface area contributed by atoms with Crippen LogP contribution in [-0.2, 0) is 20.9 Å². The minimum Gasteiger partial charge on any atom is -1.00 e. The van der Waals surface area contributed by atoms with Crippen LogP contribution in [0, 0.1) is 0 Å². The molecule has 0 spiro atoms. The quantitative estimate of drug-likeness (QED) is 0.227. The molecule has 9 rings (SSSR count). The second-order valence-electron chi connectivity index (χ2n) is 14.2. The molecule has 0 radical (unpaired) electrons. The van der Waals surface area contributed by atoms with Crippen molar-refractivity contribution >= 4 is 31.2 Å². The zero-order chi connectivity index (χ0) is 31.8. The second kappa shape index (κ2) is 13.5. The molecule has 2 unspecified atom stereocenters. The first-order valence-electron chi connectivity index (χ1n) is 17.2. The van der Waals surface area contributed by atoms with Gasteiger partial charge in [-0.15, -0.1) is 0 Å². The summed E-state index contributed by atoms with van der Waals surface area (Å²) in [5.74, 6) is -0.281. The van der Waals surface area contributed by atoms with Crippen LogP contribution in [0.4, 0.5) is 0 Å². The zero-order valence-corrected chi connectivity index (χ0v) is 33.5. The summed E-state index contributed by atoms with van der Waals surface area (Å²) < 4.78 is 2.32. The van der Waals surface area contributed by atoms with E-state index in [0.717, 1.165) is 0 Å². The molecule has 6 aromatic carbocycles. The van der Waals surface area contributed by atoms with Gasteiger partial charge in [0.25, 0.3) is 0 Å². The van der Waals surface area contributed by atoms with Crippen LogP contribution >= 0.6 is 0 Å². The van der Waals surface area contributed by atoms with Gasteiger partial charge in [0, 0.05) is 0 Å². The third kappa shape index (κ3) is 5.42. The number of allylic oxidation sites excluding steroid dienone is 1. The molecule has 2 atom stereocenters. The van der Waals surface area contributed by atoms with Gasteiger partial charge in [0.05, 0.1) is 0 Å². The Morgan fingerprint density at radius 2 is 1.16 bits per heavy atom. The molecule has 0 saturated carbocycles. The molecule has 0 nitrogen and oxygen atoms in total. The first-order chi connectivity index (χ1) is 23.0. The topological polar surface area (TPSA) is 0 Å². The Labute approximate surface area is 312 Å². The predicted molar refractivity (Wildman–Crippen MR) is 200 cm³/mol. The van der Waals surface area contributed by atoms with E-state index in [1.165, 1.54) is 50.1 Å². The van der Waals surface area contributed by atoms with E-state index < -0.39 is 26.8 Å². The number of benzene rings is 6. The van der Waals surface area contributed by atoms with Crippen molar-refractivity contribution in [3.63, 3.8) is 0 Å². The van der Waals surface area contributed by atoms with E-state index >= 15 is 0 Å². The molecule has 2 aliphatic heterocycles. The maximum absolute atomic E-state index is 2.64. The molecule has 6 aromatic rings. The van der Waals surface area contributed by atoms with E-state index in [1.807, 2.05) is 0 Å². The molecular formula is C45H39Cl2SiZr. The fraction of sp³-hybridized carbons (Fsp3) is 0.156. The number of rotatable bonds is 6. The summed E-state index contributed by atoms with van der Waals surface area (Å²) in [4.78, 5) is 0. The molecule has 0 fully saturated rings. The third-order valence-electron chi connectivity index (χ3n) is 10.9. The smallest absolute Gasteiger partial charge is 1.00 e. The van der Waals surface area contributed by atoms with Gasteiger partial charge in [-0.1, -0.05) is 0 Å². The Morgan fingerprint density at radius 3 is 1.84 bits per heavy atom. The summed E-state index contributed by atoms with van der Waals surface area (Å²) in [6.07, 6.45) is 2.64. The molecule has 0 bridgehead atoms. The molecule has 4 heteroatoms.